The first-order chi connectivity index (χ1) is 29.0. The summed E-state index contributed by atoms with van der Waals surface area (Å²) in [5.41, 5.74) is 5.55. The van der Waals surface area contributed by atoms with Gasteiger partial charge in [0.15, 0.2) is 6.10 Å². The van der Waals surface area contributed by atoms with E-state index in [4.69, 9.17) is 23.0 Å². The average molecular weight is 858 g/mol. The quantitative estimate of drug-likeness (QED) is 0.0420. The smallest absolute Gasteiger partial charge is 0.425 e. The normalized spacial score (nSPS) is 13.1. The molecule has 4 aromatic rings. The van der Waals surface area contributed by atoms with Crippen LogP contribution in [0, 0.1) is 24.7 Å². The fourth-order valence-corrected chi connectivity index (χ4v) is 7.72. The number of rotatable bonds is 23. The van der Waals surface area contributed by atoms with E-state index in [-0.39, 0.29) is 31.6 Å². The lowest BCUT2D eigenvalue weighted by Gasteiger charge is -2.31. The Morgan fingerprint density at radius 1 is 0.705 bits per heavy atom. The highest BCUT2D eigenvalue weighted by Crippen LogP contribution is 2.52. The lowest BCUT2D eigenvalue weighted by Crippen LogP contribution is -2.34. The van der Waals surface area contributed by atoms with Crippen LogP contribution >= 0.6 is 7.82 Å². The van der Waals surface area contributed by atoms with Gasteiger partial charge in [0.2, 0.25) is 6.29 Å². The van der Waals surface area contributed by atoms with Crippen LogP contribution in [-0.4, -0.2) is 43.5 Å². The highest BCUT2D eigenvalue weighted by atomic mass is 31.2. The number of anilines is 3. The summed E-state index contributed by atoms with van der Waals surface area (Å²) in [6, 6.07) is 31.3. The number of aryl methyl sites for hydroxylation is 1. The number of hydrogen-bond acceptors (Lipinski definition) is 10. The van der Waals surface area contributed by atoms with Gasteiger partial charge in [-0.15, -0.1) is 0 Å². The Kier molecular flexibility index (Phi) is 19.0. The third-order valence-electron chi connectivity index (χ3n) is 9.57. The first kappa shape index (κ1) is 48.7. The molecule has 0 aliphatic rings. The summed E-state index contributed by atoms with van der Waals surface area (Å²) < 4.78 is 42.4. The molecule has 4 aromatic carbocycles. The van der Waals surface area contributed by atoms with Gasteiger partial charge in [0, 0.05) is 24.7 Å². The van der Waals surface area contributed by atoms with Gasteiger partial charge in [-0.05, 0) is 79.0 Å². The molecule has 2 N–H and O–H groups in total. The van der Waals surface area contributed by atoms with Gasteiger partial charge in [-0.1, -0.05) is 133 Å². The predicted octanol–water partition coefficient (Wildman–Crippen LogP) is 11.7. The number of benzene rings is 4. The van der Waals surface area contributed by atoms with E-state index in [1.807, 2.05) is 92.7 Å². The Balaban J connectivity index is 1.47. The van der Waals surface area contributed by atoms with Crippen molar-refractivity contribution in [3.8, 4) is 0 Å². The molecule has 0 radical (unpaired) electrons. The molecule has 0 aliphatic heterocycles. The van der Waals surface area contributed by atoms with Crippen LogP contribution in [0.25, 0.3) is 0 Å². The van der Waals surface area contributed by atoms with Crippen molar-refractivity contribution in [2.24, 2.45) is 17.8 Å². The van der Waals surface area contributed by atoms with Gasteiger partial charge >= 0.3 is 25.8 Å². The molecule has 0 aromatic heterocycles. The molecule has 0 bridgehead atoms. The molecule has 330 valence electrons. The van der Waals surface area contributed by atoms with Crippen molar-refractivity contribution >= 4 is 42.9 Å². The lowest BCUT2D eigenvalue weighted by molar-refractivity contribution is -0.201. The Morgan fingerprint density at radius 2 is 1.26 bits per heavy atom. The highest BCUT2D eigenvalue weighted by Gasteiger charge is 2.35. The van der Waals surface area contributed by atoms with E-state index in [2.05, 4.69) is 43.2 Å². The number of phosphoric acid groups is 1. The summed E-state index contributed by atoms with van der Waals surface area (Å²) in [6.45, 7) is 18.9. The van der Waals surface area contributed by atoms with Crippen molar-refractivity contribution in [1.82, 2.24) is 0 Å². The van der Waals surface area contributed by atoms with Gasteiger partial charge in [-0.3, -0.25) is 18.4 Å². The SMILES string of the molecule is CCC(CC(=O)OC(OC(=O)C(C)OP(=O)(OCc1ccccc1)OCc1ccccc1)C(C)C)c1ccc(N(CC(C)C)CC(C)C)c(NC(=O)Nc2ccc(C)cc2)c1. The van der Waals surface area contributed by atoms with E-state index < -0.39 is 38.1 Å². The molecular formula is C48H64N3O9P. The second-order valence-electron chi connectivity index (χ2n) is 16.5. The number of carbonyl (C=O) groups is 3. The molecule has 13 heteroatoms. The maximum absolute atomic E-state index is 13.9. The maximum Gasteiger partial charge on any atom is 0.476 e. The largest absolute Gasteiger partial charge is 0.476 e. The molecule has 3 atom stereocenters. The Bertz CT molecular complexity index is 1970. The monoisotopic (exact) mass is 857 g/mol. The molecule has 12 nitrogen and oxygen atoms in total. The molecule has 0 saturated carbocycles. The number of esters is 2. The van der Waals surface area contributed by atoms with Crippen LogP contribution in [0.3, 0.4) is 0 Å². The number of amides is 2. The molecule has 0 heterocycles. The fraction of sp³-hybridized carbons (Fsp3) is 0.438. The van der Waals surface area contributed by atoms with Crippen LogP contribution in [0.1, 0.15) is 96.4 Å². The zero-order valence-corrected chi connectivity index (χ0v) is 38.0. The van der Waals surface area contributed by atoms with Gasteiger partial charge in [-0.25, -0.2) is 14.2 Å². The maximum atomic E-state index is 13.9. The number of ether oxygens (including phenoxy) is 2. The molecule has 0 fully saturated rings. The standard InChI is InChI=1S/C48H64N3O9P/c1-10-40(41-23-26-44(51(29-33(2)3)30-34(4)5)43(27-41)50-48(54)49-42-24-21-36(8)22-25-42)28-45(52)58-47(35(6)7)59-46(53)37(9)60-61(55,56-31-38-17-13-11-14-18-38)57-32-39-19-15-12-16-20-39/h11-27,33-35,37,40,47H,10,28-32H2,1-9H3,(H2,49,50,54). The van der Waals surface area contributed by atoms with Crippen LogP contribution in [0.5, 0.6) is 0 Å². The molecule has 0 saturated heterocycles. The first-order valence-electron chi connectivity index (χ1n) is 21.1. The molecule has 61 heavy (non-hydrogen) atoms. The third-order valence-corrected chi connectivity index (χ3v) is 11.0. The van der Waals surface area contributed by atoms with E-state index in [1.165, 1.54) is 6.92 Å². The number of nitrogens with one attached hydrogen (secondary N) is 2. The van der Waals surface area contributed by atoms with Gasteiger partial charge in [0.25, 0.3) is 0 Å². The topological polar surface area (TPSA) is 142 Å². The Labute approximate surface area is 362 Å². The van der Waals surface area contributed by atoms with Crippen LogP contribution < -0.4 is 15.5 Å². The number of phosphoric ester groups is 1. The lowest BCUT2D eigenvalue weighted by atomic mass is 9.92. The van der Waals surface area contributed by atoms with Gasteiger partial charge in [0.05, 0.1) is 31.0 Å². The van der Waals surface area contributed by atoms with Crippen LogP contribution in [-0.2, 0) is 50.4 Å². The highest BCUT2D eigenvalue weighted by molar-refractivity contribution is 7.48. The van der Waals surface area contributed by atoms with Crippen LogP contribution in [0.4, 0.5) is 21.9 Å². The molecule has 4 rings (SSSR count). The zero-order valence-electron chi connectivity index (χ0n) is 37.1. The Hall–Kier alpha value is -5.00. The second-order valence-corrected chi connectivity index (χ2v) is 18.1. The van der Waals surface area contributed by atoms with E-state index >= 15 is 0 Å². The van der Waals surface area contributed by atoms with Crippen molar-refractivity contribution in [2.75, 3.05) is 28.6 Å². The number of urea groups is 1. The van der Waals surface area contributed by atoms with Crippen molar-refractivity contribution < 1.29 is 42.0 Å². The molecular weight excluding hydrogens is 794 g/mol. The summed E-state index contributed by atoms with van der Waals surface area (Å²) in [6.07, 6.45) is -2.10. The third kappa shape index (κ3) is 16.4. The fourth-order valence-electron chi connectivity index (χ4n) is 6.43. The van der Waals surface area contributed by atoms with Crippen molar-refractivity contribution in [1.29, 1.82) is 0 Å². The van der Waals surface area contributed by atoms with E-state index in [1.54, 1.807) is 38.1 Å². The predicted molar refractivity (Wildman–Crippen MR) is 241 cm³/mol. The number of carbonyl (C=O) groups excluding carboxylic acids is 3. The molecule has 3 unspecified atom stereocenters. The minimum atomic E-state index is -4.31. The van der Waals surface area contributed by atoms with E-state index in [0.717, 1.165) is 41.0 Å². The molecule has 2 amide bonds. The van der Waals surface area contributed by atoms with Gasteiger partial charge in [-0.2, -0.15) is 0 Å². The summed E-state index contributed by atoms with van der Waals surface area (Å²) in [5, 5.41) is 6.02. The van der Waals surface area contributed by atoms with E-state index in [9.17, 15) is 18.9 Å². The van der Waals surface area contributed by atoms with Crippen LogP contribution in [0.2, 0.25) is 0 Å². The van der Waals surface area contributed by atoms with Crippen molar-refractivity contribution in [2.45, 2.75) is 107 Å². The average Bonchev–Trinajstić information content (AvgIpc) is 3.22. The second kappa shape index (κ2) is 23.9. The summed E-state index contributed by atoms with van der Waals surface area (Å²) in [5.74, 6) is -1.46. The van der Waals surface area contributed by atoms with Crippen molar-refractivity contribution in [3.05, 3.63) is 125 Å². The van der Waals surface area contributed by atoms with E-state index in [0.29, 0.717) is 29.6 Å². The summed E-state index contributed by atoms with van der Waals surface area (Å²) in [4.78, 5) is 42.7. The molecule has 0 aliphatic carbocycles. The molecule has 0 spiro atoms. The minimum absolute atomic E-state index is 0.0186. The van der Waals surface area contributed by atoms with Crippen molar-refractivity contribution in [3.63, 3.8) is 0 Å². The Morgan fingerprint density at radius 3 is 1.77 bits per heavy atom. The minimum Gasteiger partial charge on any atom is -0.425 e. The number of hydrogen-bond donors (Lipinski definition) is 2. The van der Waals surface area contributed by atoms with Gasteiger partial charge < -0.3 is 25.0 Å². The first-order valence-corrected chi connectivity index (χ1v) is 22.6. The van der Waals surface area contributed by atoms with Crippen LogP contribution in [0.15, 0.2) is 103 Å². The zero-order chi connectivity index (χ0) is 44.5. The van der Waals surface area contributed by atoms with Gasteiger partial charge in [0.1, 0.15) is 0 Å². The summed E-state index contributed by atoms with van der Waals surface area (Å²) in [7, 11) is -4.31. The summed E-state index contributed by atoms with van der Waals surface area (Å²) >= 11 is 0. The number of nitrogens with zero attached hydrogens (tertiary/aromatic N) is 1.